The van der Waals surface area contributed by atoms with E-state index in [4.69, 9.17) is 20.0 Å². The Kier molecular flexibility index (Phi) is 6.13. The Morgan fingerprint density at radius 1 is 1.03 bits per heavy atom. The average molecular weight is 421 g/mol. The highest BCUT2D eigenvalue weighted by atomic mass is 16.6. The predicted octanol–water partition coefficient (Wildman–Crippen LogP) is 3.19. The summed E-state index contributed by atoms with van der Waals surface area (Å²) in [5.41, 5.74) is 0.146. The molecule has 5 rings (SSSR count). The van der Waals surface area contributed by atoms with Crippen molar-refractivity contribution >= 4 is 11.9 Å². The summed E-state index contributed by atoms with van der Waals surface area (Å²) in [5, 5.41) is 18.2. The number of amides is 1. The van der Waals surface area contributed by atoms with Crippen molar-refractivity contribution in [1.29, 1.82) is 10.5 Å². The van der Waals surface area contributed by atoms with Gasteiger partial charge in [-0.25, -0.2) is 4.79 Å². The minimum absolute atomic E-state index is 0.183. The van der Waals surface area contributed by atoms with Gasteiger partial charge >= 0.3 is 5.97 Å². The van der Waals surface area contributed by atoms with E-state index in [1.54, 1.807) is 24.3 Å². The standard InChI is InChI=1S/C24H27N3O4/c25-6-3-7-27(24-11-17-8-18(12-24)10-19(9-17)13-24)22(28)15-31-23(29)16-30-21-5-2-1-4-20(21)14-26/h1-2,4-5,17-19H,3,7-13,15-16H2. The summed E-state index contributed by atoms with van der Waals surface area (Å²) >= 11 is 0. The van der Waals surface area contributed by atoms with Gasteiger partial charge in [0, 0.05) is 12.1 Å². The fraction of sp³-hybridized carbons (Fsp3) is 0.583. The van der Waals surface area contributed by atoms with Crippen molar-refractivity contribution in [1.82, 2.24) is 4.90 Å². The quantitative estimate of drug-likeness (QED) is 0.597. The second kappa shape index (κ2) is 8.98. The number of benzene rings is 1. The van der Waals surface area contributed by atoms with E-state index in [1.807, 2.05) is 11.0 Å². The molecule has 0 N–H and O–H groups in total. The van der Waals surface area contributed by atoms with Crippen molar-refractivity contribution in [3.05, 3.63) is 29.8 Å². The Labute approximate surface area is 182 Å². The molecule has 7 nitrogen and oxygen atoms in total. The first-order valence-electron chi connectivity index (χ1n) is 11.0. The zero-order valence-corrected chi connectivity index (χ0v) is 17.6. The van der Waals surface area contributed by atoms with Crippen LogP contribution in [0.4, 0.5) is 0 Å². The summed E-state index contributed by atoms with van der Waals surface area (Å²) in [5.74, 6) is 1.41. The average Bonchev–Trinajstić information content (AvgIpc) is 2.75. The van der Waals surface area contributed by atoms with Gasteiger partial charge in [0.2, 0.25) is 0 Å². The first-order valence-corrected chi connectivity index (χ1v) is 11.0. The van der Waals surface area contributed by atoms with Crippen LogP contribution >= 0.6 is 0 Å². The molecule has 4 aliphatic carbocycles. The van der Waals surface area contributed by atoms with Crippen LogP contribution in [-0.2, 0) is 14.3 Å². The summed E-state index contributed by atoms with van der Waals surface area (Å²) in [4.78, 5) is 27.1. The molecule has 0 spiro atoms. The molecule has 1 aromatic carbocycles. The zero-order valence-electron chi connectivity index (χ0n) is 17.6. The maximum absolute atomic E-state index is 13.1. The molecule has 1 aromatic rings. The fourth-order valence-electron chi connectivity index (χ4n) is 6.27. The van der Waals surface area contributed by atoms with Crippen LogP contribution in [0.3, 0.4) is 0 Å². The summed E-state index contributed by atoms with van der Waals surface area (Å²) in [6.07, 6.45) is 7.05. The third-order valence-electron chi connectivity index (χ3n) is 7.04. The van der Waals surface area contributed by atoms with Crippen LogP contribution in [-0.4, -0.2) is 42.1 Å². The Bertz CT molecular complexity index is 894. The minimum atomic E-state index is -0.660. The van der Waals surface area contributed by atoms with E-state index in [9.17, 15) is 9.59 Å². The van der Waals surface area contributed by atoms with Crippen LogP contribution < -0.4 is 4.74 Å². The van der Waals surface area contributed by atoms with E-state index < -0.39 is 5.97 Å². The van der Waals surface area contributed by atoms with Gasteiger partial charge in [-0.15, -0.1) is 0 Å². The Morgan fingerprint density at radius 3 is 2.29 bits per heavy atom. The van der Waals surface area contributed by atoms with Crippen LogP contribution in [0, 0.1) is 40.4 Å². The second-order valence-electron chi connectivity index (χ2n) is 9.15. The predicted molar refractivity (Wildman–Crippen MR) is 110 cm³/mol. The number of esters is 1. The number of nitriles is 2. The molecule has 0 radical (unpaired) electrons. The molecule has 162 valence electrons. The molecule has 4 saturated carbocycles. The van der Waals surface area contributed by atoms with E-state index in [1.165, 1.54) is 19.3 Å². The largest absolute Gasteiger partial charge is 0.481 e. The lowest BCUT2D eigenvalue weighted by Crippen LogP contribution is -2.62. The lowest BCUT2D eigenvalue weighted by Gasteiger charge is -2.60. The lowest BCUT2D eigenvalue weighted by atomic mass is 9.52. The van der Waals surface area contributed by atoms with Gasteiger partial charge in [-0.2, -0.15) is 10.5 Å². The number of hydrogen-bond acceptors (Lipinski definition) is 6. The van der Waals surface area contributed by atoms with Crippen LogP contribution in [0.2, 0.25) is 0 Å². The number of ether oxygens (including phenoxy) is 2. The van der Waals surface area contributed by atoms with Gasteiger partial charge in [0.25, 0.3) is 5.91 Å². The summed E-state index contributed by atoms with van der Waals surface area (Å²) < 4.78 is 10.6. The Morgan fingerprint density at radius 2 is 1.68 bits per heavy atom. The maximum Gasteiger partial charge on any atom is 0.344 e. The highest BCUT2D eigenvalue weighted by molar-refractivity contribution is 5.81. The van der Waals surface area contributed by atoms with E-state index in [2.05, 4.69) is 6.07 Å². The van der Waals surface area contributed by atoms with Gasteiger partial charge < -0.3 is 14.4 Å². The van der Waals surface area contributed by atoms with Crippen LogP contribution in [0.5, 0.6) is 5.75 Å². The van der Waals surface area contributed by atoms with Gasteiger partial charge in [-0.3, -0.25) is 4.79 Å². The van der Waals surface area contributed by atoms with E-state index in [0.717, 1.165) is 19.3 Å². The molecule has 0 unspecified atom stereocenters. The van der Waals surface area contributed by atoms with Gasteiger partial charge in [0.1, 0.15) is 11.8 Å². The smallest absolute Gasteiger partial charge is 0.344 e. The molecule has 4 aliphatic rings. The normalized spacial score (nSPS) is 27.7. The van der Waals surface area contributed by atoms with Gasteiger partial charge in [-0.05, 0) is 68.4 Å². The minimum Gasteiger partial charge on any atom is -0.481 e. The van der Waals surface area contributed by atoms with Gasteiger partial charge in [-0.1, -0.05) is 12.1 Å². The number of carbonyl (C=O) groups is 2. The van der Waals surface area contributed by atoms with Crippen molar-refractivity contribution in [2.45, 2.75) is 50.5 Å². The van der Waals surface area contributed by atoms with Crippen LogP contribution in [0.25, 0.3) is 0 Å². The first kappa shape index (κ1) is 21.2. The highest BCUT2D eigenvalue weighted by Gasteiger charge is 2.54. The first-order chi connectivity index (χ1) is 15.0. The molecule has 0 saturated heterocycles. The van der Waals surface area contributed by atoms with E-state index >= 15 is 0 Å². The van der Waals surface area contributed by atoms with Crippen molar-refractivity contribution in [3.8, 4) is 17.9 Å². The summed E-state index contributed by atoms with van der Waals surface area (Å²) in [7, 11) is 0. The van der Waals surface area contributed by atoms with Crippen LogP contribution in [0.1, 0.15) is 50.5 Å². The molecule has 31 heavy (non-hydrogen) atoms. The molecule has 0 aliphatic heterocycles. The van der Waals surface area contributed by atoms with Crippen molar-refractivity contribution in [3.63, 3.8) is 0 Å². The van der Waals surface area contributed by atoms with E-state index in [0.29, 0.717) is 35.6 Å². The fourth-order valence-corrected chi connectivity index (χ4v) is 6.27. The topological polar surface area (TPSA) is 103 Å². The van der Waals surface area contributed by atoms with Crippen molar-refractivity contribution < 1.29 is 19.1 Å². The molecule has 0 heterocycles. The molecular weight excluding hydrogens is 394 g/mol. The van der Waals surface area contributed by atoms with Gasteiger partial charge in [0.05, 0.1) is 18.1 Å². The molecule has 0 aromatic heterocycles. The van der Waals surface area contributed by atoms with Gasteiger partial charge in [0.15, 0.2) is 13.2 Å². The number of rotatable bonds is 8. The van der Waals surface area contributed by atoms with E-state index in [-0.39, 0.29) is 31.1 Å². The second-order valence-corrected chi connectivity index (χ2v) is 9.15. The number of para-hydroxylation sites is 1. The molecule has 0 atom stereocenters. The van der Waals surface area contributed by atoms with Crippen molar-refractivity contribution in [2.75, 3.05) is 19.8 Å². The third-order valence-corrected chi connectivity index (χ3v) is 7.04. The third kappa shape index (κ3) is 4.51. The molecule has 7 heteroatoms. The number of nitrogens with zero attached hydrogens (tertiary/aromatic N) is 3. The zero-order chi connectivity index (χ0) is 21.8. The van der Waals surface area contributed by atoms with Crippen LogP contribution in [0.15, 0.2) is 24.3 Å². The Hall–Kier alpha value is -3.06. The number of hydrogen-bond donors (Lipinski definition) is 0. The lowest BCUT2D eigenvalue weighted by molar-refractivity contribution is -0.163. The SMILES string of the molecule is N#CCCN(C(=O)COC(=O)COc1ccccc1C#N)C12CC3CC(CC(C3)C1)C2. The summed E-state index contributed by atoms with van der Waals surface area (Å²) in [6, 6.07) is 10.8. The molecule has 4 fully saturated rings. The molecule has 1 amide bonds. The summed E-state index contributed by atoms with van der Waals surface area (Å²) in [6.45, 7) is -0.345. The molecule has 4 bridgehead atoms. The molecular formula is C24H27N3O4. The highest BCUT2D eigenvalue weighted by Crippen LogP contribution is 2.57. The monoisotopic (exact) mass is 421 g/mol. The maximum atomic E-state index is 13.1. The number of carbonyl (C=O) groups excluding carboxylic acids is 2. The Balaban J connectivity index is 1.36. The van der Waals surface area contributed by atoms with Crippen molar-refractivity contribution in [2.24, 2.45) is 17.8 Å².